The van der Waals surface area contributed by atoms with Gasteiger partial charge in [0.2, 0.25) is 15.9 Å². The van der Waals surface area contributed by atoms with E-state index in [0.717, 1.165) is 12.8 Å². The molecule has 0 unspecified atom stereocenters. The van der Waals surface area contributed by atoms with Crippen LogP contribution in [0, 0.1) is 0 Å². The lowest BCUT2D eigenvalue weighted by Crippen LogP contribution is -2.49. The van der Waals surface area contributed by atoms with Crippen LogP contribution in [-0.2, 0) is 14.8 Å². The van der Waals surface area contributed by atoms with Crippen LogP contribution < -0.4 is 10.1 Å². The number of hydrogen-bond donors (Lipinski definition) is 1. The monoisotopic (exact) mass is 425 g/mol. The summed E-state index contributed by atoms with van der Waals surface area (Å²) < 4.78 is 30.2. The van der Waals surface area contributed by atoms with Crippen molar-refractivity contribution in [2.75, 3.05) is 39.5 Å². The number of hydrogen-bond acceptors (Lipinski definition) is 5. The molecule has 0 saturated carbocycles. The van der Waals surface area contributed by atoms with Gasteiger partial charge in [0.05, 0.1) is 19.4 Å². The zero-order chi connectivity index (χ0) is 21.4. The van der Waals surface area contributed by atoms with Gasteiger partial charge in [0, 0.05) is 31.7 Å². The van der Waals surface area contributed by atoms with Crippen LogP contribution in [0.5, 0.6) is 5.75 Å². The average molecular weight is 426 g/mol. The Bertz CT molecular complexity index is 787. The summed E-state index contributed by atoms with van der Waals surface area (Å²) in [4.78, 5) is 26.3. The number of rotatable bonds is 9. The van der Waals surface area contributed by atoms with E-state index in [4.69, 9.17) is 4.74 Å². The summed E-state index contributed by atoms with van der Waals surface area (Å²) in [6.07, 6.45) is 4.39. The zero-order valence-electron chi connectivity index (χ0n) is 17.4. The van der Waals surface area contributed by atoms with Crippen molar-refractivity contribution in [1.29, 1.82) is 0 Å². The molecule has 1 fully saturated rings. The molecule has 0 aromatic heterocycles. The van der Waals surface area contributed by atoms with Crippen LogP contribution in [0.25, 0.3) is 0 Å². The topological polar surface area (TPSA) is 96.0 Å². The highest BCUT2D eigenvalue weighted by Gasteiger charge is 2.29. The molecule has 1 aromatic rings. The molecule has 0 aliphatic carbocycles. The number of amides is 2. The van der Waals surface area contributed by atoms with Gasteiger partial charge in [-0.25, -0.2) is 12.7 Å². The SMILES string of the molecule is CCCCOc1ccc(C(=O)NCC(=O)N2CCC(N(C)S(C)(=O)=O)CC2)cc1. The Morgan fingerprint density at radius 3 is 2.38 bits per heavy atom. The van der Waals surface area contributed by atoms with E-state index in [1.165, 1.54) is 10.6 Å². The summed E-state index contributed by atoms with van der Waals surface area (Å²) in [5.41, 5.74) is 0.467. The number of carbonyl (C=O) groups is 2. The second-order valence-corrected chi connectivity index (χ2v) is 9.34. The van der Waals surface area contributed by atoms with Crippen molar-refractivity contribution in [2.45, 2.75) is 38.6 Å². The van der Waals surface area contributed by atoms with Crippen LogP contribution in [0.4, 0.5) is 0 Å². The molecule has 0 atom stereocenters. The molecule has 9 heteroatoms. The fourth-order valence-corrected chi connectivity index (χ4v) is 3.91. The third kappa shape index (κ3) is 7.01. The van der Waals surface area contributed by atoms with Gasteiger partial charge in [-0.05, 0) is 43.5 Å². The van der Waals surface area contributed by atoms with Crippen molar-refractivity contribution in [3.05, 3.63) is 29.8 Å². The van der Waals surface area contributed by atoms with E-state index in [1.807, 2.05) is 0 Å². The molecule has 1 saturated heterocycles. The highest BCUT2D eigenvalue weighted by atomic mass is 32.2. The minimum absolute atomic E-state index is 0.0832. The summed E-state index contributed by atoms with van der Waals surface area (Å²) in [7, 11) is -1.67. The fourth-order valence-electron chi connectivity index (χ4n) is 3.16. The molecular formula is C20H31N3O5S. The zero-order valence-corrected chi connectivity index (χ0v) is 18.2. The molecule has 2 amide bonds. The first-order chi connectivity index (χ1) is 13.7. The van der Waals surface area contributed by atoms with Gasteiger partial charge < -0.3 is 15.0 Å². The summed E-state index contributed by atoms with van der Waals surface area (Å²) in [6, 6.07) is 6.74. The van der Waals surface area contributed by atoms with Crippen LogP contribution in [0.3, 0.4) is 0 Å². The minimum Gasteiger partial charge on any atom is -0.494 e. The van der Waals surface area contributed by atoms with Gasteiger partial charge in [0.15, 0.2) is 0 Å². The second kappa shape index (κ2) is 10.6. The predicted octanol–water partition coefficient (Wildman–Crippen LogP) is 1.48. The van der Waals surface area contributed by atoms with Gasteiger partial charge in [-0.2, -0.15) is 0 Å². The van der Waals surface area contributed by atoms with Crippen molar-refractivity contribution < 1.29 is 22.7 Å². The van der Waals surface area contributed by atoms with Gasteiger partial charge >= 0.3 is 0 Å². The van der Waals surface area contributed by atoms with Crippen molar-refractivity contribution in [3.63, 3.8) is 0 Å². The Morgan fingerprint density at radius 2 is 1.83 bits per heavy atom. The Hall–Kier alpha value is -2.13. The third-order valence-corrected chi connectivity index (χ3v) is 6.48. The summed E-state index contributed by atoms with van der Waals surface area (Å²) in [5.74, 6) is 0.233. The number of sulfonamides is 1. The van der Waals surface area contributed by atoms with E-state index >= 15 is 0 Å². The largest absolute Gasteiger partial charge is 0.494 e. The number of piperidine rings is 1. The number of unbranched alkanes of at least 4 members (excludes halogenated alkanes) is 1. The molecule has 0 radical (unpaired) electrons. The summed E-state index contributed by atoms with van der Waals surface area (Å²) in [6.45, 7) is 3.60. The van der Waals surface area contributed by atoms with E-state index < -0.39 is 10.0 Å². The maximum absolute atomic E-state index is 12.4. The lowest BCUT2D eigenvalue weighted by Gasteiger charge is -2.35. The number of nitrogens with one attached hydrogen (secondary N) is 1. The molecule has 29 heavy (non-hydrogen) atoms. The highest BCUT2D eigenvalue weighted by molar-refractivity contribution is 7.88. The van der Waals surface area contributed by atoms with Crippen LogP contribution in [0.15, 0.2) is 24.3 Å². The van der Waals surface area contributed by atoms with Crippen molar-refractivity contribution in [3.8, 4) is 5.75 Å². The molecule has 1 N–H and O–H groups in total. The minimum atomic E-state index is -3.24. The van der Waals surface area contributed by atoms with E-state index in [9.17, 15) is 18.0 Å². The molecule has 0 bridgehead atoms. The van der Waals surface area contributed by atoms with Crippen LogP contribution >= 0.6 is 0 Å². The van der Waals surface area contributed by atoms with Crippen molar-refractivity contribution >= 4 is 21.8 Å². The highest BCUT2D eigenvalue weighted by Crippen LogP contribution is 2.17. The number of carbonyl (C=O) groups excluding carboxylic acids is 2. The van der Waals surface area contributed by atoms with Gasteiger partial charge in [-0.3, -0.25) is 9.59 Å². The maximum atomic E-state index is 12.4. The normalized spacial score (nSPS) is 15.4. The molecule has 2 rings (SSSR count). The first kappa shape index (κ1) is 23.2. The third-order valence-electron chi connectivity index (χ3n) is 5.14. The number of nitrogens with zero attached hydrogens (tertiary/aromatic N) is 2. The number of likely N-dealkylation sites (tertiary alicyclic amines) is 1. The first-order valence-corrected chi connectivity index (χ1v) is 11.8. The Morgan fingerprint density at radius 1 is 1.21 bits per heavy atom. The predicted molar refractivity (Wildman–Crippen MR) is 111 cm³/mol. The first-order valence-electron chi connectivity index (χ1n) is 9.94. The fraction of sp³-hybridized carbons (Fsp3) is 0.600. The van der Waals surface area contributed by atoms with Gasteiger partial charge in [-0.15, -0.1) is 0 Å². The second-order valence-electron chi connectivity index (χ2n) is 7.30. The molecule has 0 spiro atoms. The van der Waals surface area contributed by atoms with Gasteiger partial charge in [0.1, 0.15) is 5.75 Å². The average Bonchev–Trinajstić information content (AvgIpc) is 2.71. The smallest absolute Gasteiger partial charge is 0.251 e. The van der Waals surface area contributed by atoms with Crippen molar-refractivity contribution in [1.82, 2.24) is 14.5 Å². The van der Waals surface area contributed by atoms with Crippen LogP contribution in [0.1, 0.15) is 43.0 Å². The Balaban J connectivity index is 1.77. The van der Waals surface area contributed by atoms with E-state index in [-0.39, 0.29) is 24.4 Å². The molecule has 1 aliphatic heterocycles. The lowest BCUT2D eigenvalue weighted by atomic mass is 10.1. The van der Waals surface area contributed by atoms with E-state index in [0.29, 0.717) is 43.9 Å². The molecular weight excluding hydrogens is 394 g/mol. The van der Waals surface area contributed by atoms with Crippen LogP contribution in [-0.4, -0.2) is 75.0 Å². The molecule has 162 valence electrons. The standard InChI is InChI=1S/C20H31N3O5S/c1-4-5-14-28-18-8-6-16(7-9-18)20(25)21-15-19(24)23-12-10-17(11-13-23)22(2)29(3,26)27/h6-9,17H,4-5,10-15H2,1-3H3,(H,21,25). The maximum Gasteiger partial charge on any atom is 0.251 e. The molecule has 1 aliphatic rings. The van der Waals surface area contributed by atoms with Gasteiger partial charge in [-0.1, -0.05) is 13.3 Å². The summed E-state index contributed by atoms with van der Waals surface area (Å²) >= 11 is 0. The van der Waals surface area contributed by atoms with Crippen LogP contribution in [0.2, 0.25) is 0 Å². The van der Waals surface area contributed by atoms with E-state index in [2.05, 4.69) is 12.2 Å². The molecule has 1 heterocycles. The number of benzene rings is 1. The Labute approximate surface area is 173 Å². The quantitative estimate of drug-likeness (QED) is 0.605. The molecule has 8 nitrogen and oxygen atoms in total. The lowest BCUT2D eigenvalue weighted by molar-refractivity contribution is -0.131. The van der Waals surface area contributed by atoms with Gasteiger partial charge in [0.25, 0.3) is 5.91 Å². The molecule has 1 aromatic carbocycles. The van der Waals surface area contributed by atoms with E-state index in [1.54, 1.807) is 36.2 Å². The Kier molecular flexibility index (Phi) is 8.45. The summed E-state index contributed by atoms with van der Waals surface area (Å²) in [5, 5.41) is 2.65. The van der Waals surface area contributed by atoms with Crippen molar-refractivity contribution in [2.24, 2.45) is 0 Å². The number of ether oxygens (including phenoxy) is 1.